The van der Waals surface area contributed by atoms with Crippen molar-refractivity contribution < 1.29 is 28.2 Å². The van der Waals surface area contributed by atoms with Gasteiger partial charge in [-0.15, -0.1) is 0 Å². The molecule has 0 aliphatic carbocycles. The van der Waals surface area contributed by atoms with E-state index in [2.05, 4.69) is 10.1 Å². The zero-order valence-electron chi connectivity index (χ0n) is 13.1. The van der Waals surface area contributed by atoms with E-state index in [1.807, 2.05) is 0 Å². The quantitative estimate of drug-likeness (QED) is 0.845. The van der Waals surface area contributed by atoms with Crippen LogP contribution in [0.15, 0.2) is 18.2 Å². The van der Waals surface area contributed by atoms with Crippen molar-refractivity contribution in [1.29, 1.82) is 0 Å². The molecular weight excluding hydrogens is 293 g/mol. The minimum atomic E-state index is -0.796. The second-order valence-corrected chi connectivity index (χ2v) is 5.41. The van der Waals surface area contributed by atoms with E-state index < -0.39 is 23.5 Å². The molecule has 0 bridgehead atoms. The van der Waals surface area contributed by atoms with E-state index in [1.54, 1.807) is 20.8 Å². The predicted octanol–water partition coefficient (Wildman–Crippen LogP) is 3.11. The number of amides is 1. The Labute approximate surface area is 128 Å². The molecule has 1 aromatic carbocycles. The third-order valence-corrected chi connectivity index (χ3v) is 2.39. The molecule has 1 aromatic rings. The number of hydrogen-bond donors (Lipinski definition) is 1. The lowest BCUT2D eigenvalue weighted by Crippen LogP contribution is -2.27. The third-order valence-electron chi connectivity index (χ3n) is 2.39. The highest BCUT2D eigenvalue weighted by Gasteiger charge is 2.19. The normalized spacial score (nSPS) is 10.8. The first-order valence-corrected chi connectivity index (χ1v) is 6.71. The smallest absolute Gasteiger partial charge is 0.412 e. The summed E-state index contributed by atoms with van der Waals surface area (Å²) >= 11 is 0. The fraction of sp³-hybridized carbons (Fsp3) is 0.467. The van der Waals surface area contributed by atoms with Gasteiger partial charge in [-0.25, -0.2) is 9.18 Å². The molecule has 1 N–H and O–H groups in total. The monoisotopic (exact) mass is 313 g/mol. The molecule has 1 rings (SSSR count). The molecule has 0 saturated heterocycles. The topological polar surface area (TPSA) is 73.9 Å². The van der Waals surface area contributed by atoms with Gasteiger partial charge >= 0.3 is 12.1 Å². The Hall–Kier alpha value is -2.31. The van der Waals surface area contributed by atoms with E-state index in [0.29, 0.717) is 0 Å². The van der Waals surface area contributed by atoms with Gasteiger partial charge in [0.1, 0.15) is 17.0 Å². The van der Waals surface area contributed by atoms with Gasteiger partial charge in [-0.1, -0.05) is 6.07 Å². The molecule has 0 atom stereocenters. The van der Waals surface area contributed by atoms with Gasteiger partial charge in [-0.2, -0.15) is 0 Å². The molecule has 0 heterocycles. The first-order chi connectivity index (χ1) is 10.2. The van der Waals surface area contributed by atoms with Gasteiger partial charge in [0.05, 0.1) is 20.1 Å². The SMILES string of the molecule is COC(=O)CCOc1cccc(F)c1NC(=O)OC(C)(C)C. The van der Waals surface area contributed by atoms with Crippen LogP contribution in [0.25, 0.3) is 0 Å². The molecule has 0 saturated carbocycles. The van der Waals surface area contributed by atoms with Crippen LogP contribution in [0, 0.1) is 5.82 Å². The number of ether oxygens (including phenoxy) is 3. The molecule has 0 fully saturated rings. The van der Waals surface area contributed by atoms with Crippen molar-refractivity contribution in [2.45, 2.75) is 32.8 Å². The van der Waals surface area contributed by atoms with Crippen molar-refractivity contribution >= 4 is 17.7 Å². The average molecular weight is 313 g/mol. The Morgan fingerprint density at radius 1 is 1.27 bits per heavy atom. The fourth-order valence-corrected chi connectivity index (χ4v) is 1.50. The summed E-state index contributed by atoms with van der Waals surface area (Å²) in [7, 11) is 1.26. The minimum absolute atomic E-state index is 0.000868. The minimum Gasteiger partial charge on any atom is -0.491 e. The third kappa shape index (κ3) is 5.99. The van der Waals surface area contributed by atoms with E-state index in [1.165, 1.54) is 25.3 Å². The summed E-state index contributed by atoms with van der Waals surface area (Å²) in [5, 5.41) is 2.31. The van der Waals surface area contributed by atoms with Gasteiger partial charge in [0.15, 0.2) is 5.82 Å². The van der Waals surface area contributed by atoms with Crippen molar-refractivity contribution in [3.63, 3.8) is 0 Å². The average Bonchev–Trinajstić information content (AvgIpc) is 2.40. The van der Waals surface area contributed by atoms with Crippen LogP contribution in [0.4, 0.5) is 14.9 Å². The van der Waals surface area contributed by atoms with Gasteiger partial charge in [0.25, 0.3) is 0 Å². The van der Waals surface area contributed by atoms with E-state index in [9.17, 15) is 14.0 Å². The molecule has 0 aromatic heterocycles. The zero-order chi connectivity index (χ0) is 16.8. The molecule has 0 aliphatic heterocycles. The molecule has 0 spiro atoms. The highest BCUT2D eigenvalue weighted by molar-refractivity contribution is 5.87. The predicted molar refractivity (Wildman–Crippen MR) is 78.4 cm³/mol. The van der Waals surface area contributed by atoms with Gasteiger partial charge in [0, 0.05) is 0 Å². The molecule has 22 heavy (non-hydrogen) atoms. The van der Waals surface area contributed by atoms with Crippen LogP contribution in [0.1, 0.15) is 27.2 Å². The molecule has 6 nitrogen and oxygen atoms in total. The van der Waals surface area contributed by atoms with Crippen molar-refractivity contribution in [2.24, 2.45) is 0 Å². The maximum Gasteiger partial charge on any atom is 0.412 e. The van der Waals surface area contributed by atoms with Crippen LogP contribution >= 0.6 is 0 Å². The summed E-state index contributed by atoms with van der Waals surface area (Å²) in [5.41, 5.74) is -0.844. The Bertz CT molecular complexity index is 539. The molecule has 0 aliphatic rings. The Kier molecular flexibility index (Phi) is 6.15. The van der Waals surface area contributed by atoms with Crippen LogP contribution in [0.3, 0.4) is 0 Å². The summed E-state index contributed by atoms with van der Waals surface area (Å²) in [6, 6.07) is 4.09. The number of hydrogen-bond acceptors (Lipinski definition) is 5. The molecule has 0 radical (unpaired) electrons. The number of nitrogens with one attached hydrogen (secondary N) is 1. The summed E-state index contributed by atoms with van der Waals surface area (Å²) in [5.74, 6) is -1.01. The molecule has 0 unspecified atom stereocenters. The van der Waals surface area contributed by atoms with Gasteiger partial charge < -0.3 is 14.2 Å². The highest BCUT2D eigenvalue weighted by atomic mass is 19.1. The van der Waals surface area contributed by atoms with E-state index in [-0.39, 0.29) is 24.5 Å². The van der Waals surface area contributed by atoms with Crippen LogP contribution in [-0.4, -0.2) is 31.4 Å². The Morgan fingerprint density at radius 3 is 2.55 bits per heavy atom. The van der Waals surface area contributed by atoms with Crippen molar-refractivity contribution in [3.8, 4) is 5.75 Å². The second-order valence-electron chi connectivity index (χ2n) is 5.41. The number of carbonyl (C=O) groups excluding carboxylic acids is 2. The fourth-order valence-electron chi connectivity index (χ4n) is 1.50. The first-order valence-electron chi connectivity index (χ1n) is 6.71. The number of rotatable bonds is 5. The highest BCUT2D eigenvalue weighted by Crippen LogP contribution is 2.28. The standard InChI is InChI=1S/C15H20FNO5/c1-15(2,3)22-14(19)17-13-10(16)6-5-7-11(13)21-9-8-12(18)20-4/h5-7H,8-9H2,1-4H3,(H,17,19). The Morgan fingerprint density at radius 2 is 1.95 bits per heavy atom. The number of benzene rings is 1. The van der Waals surface area contributed by atoms with Gasteiger partial charge in [-0.05, 0) is 32.9 Å². The number of esters is 1. The number of anilines is 1. The lowest BCUT2D eigenvalue weighted by atomic mass is 10.2. The summed E-state index contributed by atoms with van der Waals surface area (Å²) in [6.07, 6.45) is -0.783. The van der Waals surface area contributed by atoms with Crippen molar-refractivity contribution in [3.05, 3.63) is 24.0 Å². The van der Waals surface area contributed by atoms with Crippen LogP contribution in [0.5, 0.6) is 5.75 Å². The lowest BCUT2D eigenvalue weighted by Gasteiger charge is -2.20. The first kappa shape index (κ1) is 17.7. The van der Waals surface area contributed by atoms with Gasteiger partial charge in [-0.3, -0.25) is 10.1 Å². The van der Waals surface area contributed by atoms with Crippen molar-refractivity contribution in [1.82, 2.24) is 0 Å². The maximum atomic E-state index is 13.9. The molecule has 122 valence electrons. The number of para-hydroxylation sites is 1. The van der Waals surface area contributed by atoms with Crippen molar-refractivity contribution in [2.75, 3.05) is 19.0 Å². The molecule has 1 amide bonds. The molecular formula is C15H20FNO5. The van der Waals surface area contributed by atoms with Crippen LogP contribution in [-0.2, 0) is 14.3 Å². The van der Waals surface area contributed by atoms with Crippen LogP contribution < -0.4 is 10.1 Å². The lowest BCUT2D eigenvalue weighted by molar-refractivity contribution is -0.141. The molecule has 7 heteroatoms. The largest absolute Gasteiger partial charge is 0.491 e. The summed E-state index contributed by atoms with van der Waals surface area (Å²) < 4.78 is 28.7. The second kappa shape index (κ2) is 7.63. The van der Waals surface area contributed by atoms with Gasteiger partial charge in [0.2, 0.25) is 0 Å². The number of carbonyl (C=O) groups is 2. The maximum absolute atomic E-state index is 13.9. The van der Waals surface area contributed by atoms with E-state index in [0.717, 1.165) is 0 Å². The van der Waals surface area contributed by atoms with E-state index >= 15 is 0 Å². The Balaban J connectivity index is 2.76. The zero-order valence-corrected chi connectivity index (χ0v) is 13.1. The summed E-state index contributed by atoms with van der Waals surface area (Å²) in [4.78, 5) is 22.8. The van der Waals surface area contributed by atoms with Crippen LogP contribution in [0.2, 0.25) is 0 Å². The number of halogens is 1. The number of methoxy groups -OCH3 is 1. The summed E-state index contributed by atoms with van der Waals surface area (Å²) in [6.45, 7) is 5.09. The van der Waals surface area contributed by atoms with E-state index in [4.69, 9.17) is 9.47 Å².